The summed E-state index contributed by atoms with van der Waals surface area (Å²) in [5.74, 6) is 0. The van der Waals surface area contributed by atoms with Gasteiger partial charge in [0.2, 0.25) is 0 Å². The molecule has 0 saturated carbocycles. The molecule has 4 heterocycles. The van der Waals surface area contributed by atoms with Gasteiger partial charge in [-0.1, -0.05) is 36.1 Å². The van der Waals surface area contributed by atoms with Crippen LogP contribution in [0.4, 0.5) is 0 Å². The molecule has 4 aliphatic heterocycles. The van der Waals surface area contributed by atoms with Gasteiger partial charge in [-0.15, -0.1) is 0 Å². The molecule has 0 N–H and O–H groups in total. The maximum atomic E-state index is 14.1. The number of allylic oxidation sites excluding steroid dienone is 8. The molecule has 0 aliphatic carbocycles. The van der Waals surface area contributed by atoms with E-state index in [1.807, 2.05) is 13.8 Å². The lowest BCUT2D eigenvalue weighted by molar-refractivity contribution is 0.549. The number of hydrogen-bond acceptors (Lipinski definition) is 2. The first-order chi connectivity index (χ1) is 10.9. The zero-order valence-corrected chi connectivity index (χ0v) is 17.9. The summed E-state index contributed by atoms with van der Waals surface area (Å²) >= 11 is 0. The topological polar surface area (TPSA) is 34.1 Å². The summed E-state index contributed by atoms with van der Waals surface area (Å²) in [6, 6.07) is 0. The van der Waals surface area contributed by atoms with E-state index in [9.17, 15) is 9.13 Å². The van der Waals surface area contributed by atoms with Crippen LogP contribution in [0.15, 0.2) is 43.5 Å². The van der Waals surface area contributed by atoms with Crippen LogP contribution in [-0.2, 0) is 9.13 Å². The van der Waals surface area contributed by atoms with Crippen molar-refractivity contribution in [3.63, 3.8) is 0 Å². The molecule has 0 aromatic carbocycles. The molecule has 0 aromatic rings. The highest BCUT2D eigenvalue weighted by Gasteiger charge is 2.63. The standard InChI is InChI=1S/C20H28O2P2/c1-11-15(5)23(21)9-19(11,7)13(3)17(23)18-14(4)20(8)10-24(18,22)16(6)12(20)2/h9-10H2,1-8H3/t19-,20-,23?,24?/m1/s1. The zero-order chi connectivity index (χ0) is 18.0. The van der Waals surface area contributed by atoms with Gasteiger partial charge in [-0.05, 0) is 52.2 Å². The molecule has 0 fully saturated rings. The zero-order valence-electron chi connectivity index (χ0n) is 16.1. The van der Waals surface area contributed by atoms with E-state index in [1.54, 1.807) is 0 Å². The van der Waals surface area contributed by atoms with E-state index in [0.29, 0.717) is 12.3 Å². The molecule has 0 aromatic heterocycles. The highest BCUT2D eigenvalue weighted by Crippen LogP contribution is 2.88. The van der Waals surface area contributed by atoms with Crippen molar-refractivity contribution in [2.24, 2.45) is 10.8 Å². The monoisotopic (exact) mass is 362 g/mol. The van der Waals surface area contributed by atoms with E-state index >= 15 is 0 Å². The third-order valence-corrected chi connectivity index (χ3v) is 15.9. The average molecular weight is 362 g/mol. The van der Waals surface area contributed by atoms with Crippen LogP contribution in [0.2, 0.25) is 0 Å². The molecular formula is C20H28O2P2. The van der Waals surface area contributed by atoms with Crippen molar-refractivity contribution in [2.45, 2.75) is 55.4 Å². The third kappa shape index (κ3) is 1.42. The van der Waals surface area contributed by atoms with E-state index in [4.69, 9.17) is 0 Å². The highest BCUT2D eigenvalue weighted by molar-refractivity contribution is 7.79. The minimum atomic E-state index is -2.58. The molecule has 0 spiro atoms. The Hall–Kier alpha value is -0.580. The minimum absolute atomic E-state index is 0.0993. The first-order valence-corrected chi connectivity index (χ1v) is 12.6. The van der Waals surface area contributed by atoms with E-state index in [-0.39, 0.29) is 10.8 Å². The summed E-state index contributed by atoms with van der Waals surface area (Å²) in [6.45, 7) is 17.1. The molecule has 0 radical (unpaired) electrons. The van der Waals surface area contributed by atoms with E-state index < -0.39 is 14.3 Å². The van der Waals surface area contributed by atoms with Crippen LogP contribution < -0.4 is 0 Å². The Kier molecular flexibility index (Phi) is 2.96. The lowest BCUT2D eigenvalue weighted by Crippen LogP contribution is -2.19. The predicted octanol–water partition coefficient (Wildman–Crippen LogP) is 6.92. The SMILES string of the molecule is CC1=C(C)P2(=O)C[C@@]1(C)C(C)=C2C1=C(C)[C@]2(C)CP1(=O)C(C)=C2C. The smallest absolute Gasteiger partial charge is 0.141 e. The van der Waals surface area contributed by atoms with Crippen molar-refractivity contribution in [2.75, 3.05) is 12.3 Å². The molecule has 4 aliphatic rings. The molecule has 0 saturated heterocycles. The normalized spacial score (nSPS) is 47.2. The lowest BCUT2D eigenvalue weighted by Gasteiger charge is -2.32. The van der Waals surface area contributed by atoms with Crippen molar-refractivity contribution in [3.05, 3.63) is 43.5 Å². The van der Waals surface area contributed by atoms with Crippen LogP contribution >= 0.6 is 14.3 Å². The van der Waals surface area contributed by atoms with Gasteiger partial charge in [-0.3, -0.25) is 0 Å². The second kappa shape index (κ2) is 4.21. The Morgan fingerprint density at radius 1 is 0.625 bits per heavy atom. The lowest BCUT2D eigenvalue weighted by atomic mass is 9.76. The first-order valence-electron chi connectivity index (χ1n) is 8.85. The van der Waals surface area contributed by atoms with Crippen molar-refractivity contribution < 1.29 is 9.13 Å². The van der Waals surface area contributed by atoms with Crippen molar-refractivity contribution in [1.82, 2.24) is 0 Å². The summed E-state index contributed by atoms with van der Waals surface area (Å²) in [7, 11) is -5.17. The van der Waals surface area contributed by atoms with Crippen LogP contribution in [0.5, 0.6) is 0 Å². The van der Waals surface area contributed by atoms with Gasteiger partial charge >= 0.3 is 0 Å². The Morgan fingerprint density at radius 2 is 0.917 bits per heavy atom. The summed E-state index contributed by atoms with van der Waals surface area (Å²) < 4.78 is 28.1. The van der Waals surface area contributed by atoms with Gasteiger partial charge in [0.15, 0.2) is 0 Å². The largest absolute Gasteiger partial charge is 0.314 e. The van der Waals surface area contributed by atoms with E-state index in [0.717, 1.165) is 21.3 Å². The van der Waals surface area contributed by atoms with E-state index in [2.05, 4.69) is 41.5 Å². The fourth-order valence-corrected chi connectivity index (χ4v) is 15.1. The molecule has 4 atom stereocenters. The van der Waals surface area contributed by atoms with Gasteiger partial charge in [-0.2, -0.15) is 0 Å². The van der Waals surface area contributed by atoms with Gasteiger partial charge in [0, 0.05) is 33.8 Å². The highest BCUT2D eigenvalue weighted by atomic mass is 31.2. The van der Waals surface area contributed by atoms with Crippen LogP contribution in [0, 0.1) is 10.8 Å². The van der Waals surface area contributed by atoms with Gasteiger partial charge < -0.3 is 9.13 Å². The van der Waals surface area contributed by atoms with Crippen molar-refractivity contribution in [1.29, 1.82) is 0 Å². The van der Waals surface area contributed by atoms with Crippen LogP contribution in [-0.4, -0.2) is 12.3 Å². The molecule has 24 heavy (non-hydrogen) atoms. The fourth-order valence-electron chi connectivity index (χ4n) is 5.76. The van der Waals surface area contributed by atoms with Crippen molar-refractivity contribution in [3.8, 4) is 0 Å². The van der Waals surface area contributed by atoms with Gasteiger partial charge in [0.1, 0.15) is 14.3 Å². The average Bonchev–Trinajstić information content (AvgIpc) is 2.98. The van der Waals surface area contributed by atoms with Crippen LogP contribution in [0.25, 0.3) is 0 Å². The predicted molar refractivity (Wildman–Crippen MR) is 103 cm³/mol. The maximum Gasteiger partial charge on any atom is 0.141 e. The third-order valence-electron chi connectivity index (χ3n) is 8.21. The van der Waals surface area contributed by atoms with Crippen molar-refractivity contribution >= 4 is 14.3 Å². The van der Waals surface area contributed by atoms with Crippen LogP contribution in [0.3, 0.4) is 0 Å². The molecule has 4 rings (SSSR count). The Balaban J connectivity index is 2.05. The minimum Gasteiger partial charge on any atom is -0.314 e. The number of hydrogen-bond donors (Lipinski definition) is 0. The molecule has 4 bridgehead atoms. The Bertz CT molecular complexity index is 878. The van der Waals surface area contributed by atoms with Gasteiger partial charge in [0.05, 0.1) is 0 Å². The second-order valence-corrected chi connectivity index (χ2v) is 14.7. The quantitative estimate of drug-likeness (QED) is 0.475. The van der Waals surface area contributed by atoms with Gasteiger partial charge in [-0.25, -0.2) is 0 Å². The first kappa shape index (κ1) is 16.9. The summed E-state index contributed by atoms with van der Waals surface area (Å²) in [5.41, 5.74) is 4.80. The molecule has 2 unspecified atom stereocenters. The second-order valence-electron chi connectivity index (χ2n) is 8.83. The molecule has 130 valence electrons. The molecular weight excluding hydrogens is 334 g/mol. The summed E-state index contributed by atoms with van der Waals surface area (Å²) in [6.07, 6.45) is 1.43. The number of rotatable bonds is 1. The molecule has 0 amide bonds. The fraction of sp³-hybridized carbons (Fsp3) is 0.600. The summed E-state index contributed by atoms with van der Waals surface area (Å²) in [5, 5.41) is 4.16. The molecule has 2 nitrogen and oxygen atoms in total. The maximum absolute atomic E-state index is 14.1. The Morgan fingerprint density at radius 3 is 1.17 bits per heavy atom. The van der Waals surface area contributed by atoms with Crippen LogP contribution in [0.1, 0.15) is 55.4 Å². The molecule has 4 heteroatoms. The van der Waals surface area contributed by atoms with Gasteiger partial charge in [0.25, 0.3) is 0 Å². The number of fused-ring (bicyclic) bond motifs is 4. The Labute approximate surface area is 145 Å². The summed E-state index contributed by atoms with van der Waals surface area (Å²) in [4.78, 5) is 0. The van der Waals surface area contributed by atoms with E-state index in [1.165, 1.54) is 22.3 Å².